The van der Waals surface area contributed by atoms with E-state index in [9.17, 15) is 9.59 Å². The molecule has 0 saturated heterocycles. The number of ether oxygens (including phenoxy) is 2. The number of para-hydroxylation sites is 1. The van der Waals surface area contributed by atoms with E-state index in [0.29, 0.717) is 0 Å². The van der Waals surface area contributed by atoms with Crippen LogP contribution in [-0.2, 0) is 19.1 Å². The number of benzene rings is 3. The molecule has 0 spiro atoms. The van der Waals surface area contributed by atoms with Gasteiger partial charge < -0.3 is 19.3 Å². The van der Waals surface area contributed by atoms with Gasteiger partial charge in [-0.05, 0) is 50.6 Å². The van der Waals surface area contributed by atoms with E-state index in [1.807, 2.05) is 96.8 Å². The SMILES string of the molecule is CCOC(=O)C1=C(C(=O)OCC)N(c2ccccc2)C(c2ccccc2)N(c2ccc(C)cc2)C1. The summed E-state index contributed by atoms with van der Waals surface area (Å²) in [5, 5.41) is 0. The molecule has 0 N–H and O–H groups in total. The van der Waals surface area contributed by atoms with Gasteiger partial charge in [-0.15, -0.1) is 0 Å². The maximum absolute atomic E-state index is 13.4. The Morgan fingerprint density at radius 1 is 0.771 bits per heavy atom. The number of rotatable bonds is 7. The number of aryl methyl sites for hydroxylation is 1. The smallest absolute Gasteiger partial charge is 0.355 e. The van der Waals surface area contributed by atoms with Crippen molar-refractivity contribution in [2.45, 2.75) is 26.9 Å². The Kier molecular flexibility index (Phi) is 7.51. The number of carbonyl (C=O) groups is 2. The quantitative estimate of drug-likeness (QED) is 0.431. The molecular weight excluding hydrogens is 440 g/mol. The normalized spacial score (nSPS) is 15.7. The molecule has 1 heterocycles. The lowest BCUT2D eigenvalue weighted by atomic mass is 9.99. The molecule has 6 heteroatoms. The Morgan fingerprint density at radius 2 is 1.34 bits per heavy atom. The minimum Gasteiger partial charge on any atom is -0.463 e. The third-order valence-electron chi connectivity index (χ3n) is 5.88. The van der Waals surface area contributed by atoms with Crippen molar-refractivity contribution in [1.29, 1.82) is 0 Å². The molecule has 0 fully saturated rings. The average Bonchev–Trinajstić information content (AvgIpc) is 2.89. The molecule has 4 rings (SSSR count). The molecule has 180 valence electrons. The van der Waals surface area contributed by atoms with Crippen molar-refractivity contribution >= 4 is 23.3 Å². The minimum absolute atomic E-state index is 0.193. The predicted octanol–water partition coefficient (Wildman–Crippen LogP) is 5.40. The van der Waals surface area contributed by atoms with Crippen LogP contribution in [0, 0.1) is 6.92 Å². The van der Waals surface area contributed by atoms with Gasteiger partial charge in [0.05, 0.1) is 25.3 Å². The van der Waals surface area contributed by atoms with Gasteiger partial charge in [0.15, 0.2) is 0 Å². The molecule has 35 heavy (non-hydrogen) atoms. The van der Waals surface area contributed by atoms with Gasteiger partial charge >= 0.3 is 11.9 Å². The Morgan fingerprint density at radius 3 is 1.94 bits per heavy atom. The summed E-state index contributed by atoms with van der Waals surface area (Å²) in [6, 6.07) is 27.7. The molecular formula is C29H30N2O4. The first kappa shape index (κ1) is 24.1. The standard InChI is InChI=1S/C29H30N2O4/c1-4-34-28(32)25-20-30(23-18-16-21(3)17-19-23)27(22-12-8-6-9-13-22)31(24-14-10-7-11-15-24)26(25)29(33)35-5-2/h6-19,27H,4-5,20H2,1-3H3. The Hall–Kier alpha value is -4.06. The number of esters is 2. The van der Waals surface area contributed by atoms with Crippen LogP contribution in [-0.4, -0.2) is 31.7 Å². The van der Waals surface area contributed by atoms with E-state index in [0.717, 1.165) is 22.5 Å². The minimum atomic E-state index is -0.552. The van der Waals surface area contributed by atoms with E-state index >= 15 is 0 Å². The fourth-order valence-corrected chi connectivity index (χ4v) is 4.32. The molecule has 1 unspecified atom stereocenters. The second-order valence-corrected chi connectivity index (χ2v) is 8.22. The van der Waals surface area contributed by atoms with Gasteiger partial charge in [0.25, 0.3) is 0 Å². The number of hydrogen-bond donors (Lipinski definition) is 0. The molecule has 0 bridgehead atoms. The Bertz CT molecular complexity index is 1190. The van der Waals surface area contributed by atoms with E-state index in [1.165, 1.54) is 0 Å². The van der Waals surface area contributed by atoms with Gasteiger partial charge in [-0.1, -0.05) is 66.2 Å². The van der Waals surface area contributed by atoms with Gasteiger partial charge in [0.1, 0.15) is 11.9 Å². The van der Waals surface area contributed by atoms with E-state index in [1.54, 1.807) is 13.8 Å². The van der Waals surface area contributed by atoms with Gasteiger partial charge in [-0.25, -0.2) is 9.59 Å². The van der Waals surface area contributed by atoms with Crippen molar-refractivity contribution in [3.05, 3.63) is 107 Å². The lowest BCUT2D eigenvalue weighted by Crippen LogP contribution is -2.50. The molecule has 3 aromatic carbocycles. The summed E-state index contributed by atoms with van der Waals surface area (Å²) in [6.07, 6.45) is -0.404. The highest BCUT2D eigenvalue weighted by Crippen LogP contribution is 2.41. The summed E-state index contributed by atoms with van der Waals surface area (Å²) in [7, 11) is 0. The summed E-state index contributed by atoms with van der Waals surface area (Å²) in [5.41, 5.74) is 4.27. The zero-order chi connectivity index (χ0) is 24.8. The second kappa shape index (κ2) is 10.9. The molecule has 0 amide bonds. The highest BCUT2D eigenvalue weighted by Gasteiger charge is 2.42. The second-order valence-electron chi connectivity index (χ2n) is 8.22. The summed E-state index contributed by atoms with van der Waals surface area (Å²) >= 11 is 0. The number of carbonyl (C=O) groups excluding carboxylic acids is 2. The van der Waals surface area contributed by atoms with Crippen LogP contribution in [0.1, 0.15) is 31.1 Å². The van der Waals surface area contributed by atoms with Crippen LogP contribution in [0.15, 0.2) is 96.2 Å². The fraction of sp³-hybridized carbons (Fsp3) is 0.241. The third-order valence-corrected chi connectivity index (χ3v) is 5.88. The maximum Gasteiger partial charge on any atom is 0.355 e. The first-order valence-corrected chi connectivity index (χ1v) is 11.8. The molecule has 6 nitrogen and oxygen atoms in total. The number of anilines is 2. The molecule has 0 aliphatic carbocycles. The number of nitrogens with zero attached hydrogens (tertiary/aromatic N) is 2. The van der Waals surface area contributed by atoms with Gasteiger partial charge in [-0.2, -0.15) is 0 Å². The van der Waals surface area contributed by atoms with Crippen LogP contribution < -0.4 is 9.80 Å². The Labute approximate surface area is 206 Å². The first-order valence-electron chi connectivity index (χ1n) is 11.8. The average molecular weight is 471 g/mol. The van der Waals surface area contributed by atoms with Gasteiger partial charge in [-0.3, -0.25) is 0 Å². The summed E-state index contributed by atoms with van der Waals surface area (Å²) in [5.74, 6) is -1.08. The molecule has 0 saturated carbocycles. The van der Waals surface area contributed by atoms with Crippen LogP contribution >= 0.6 is 0 Å². The van der Waals surface area contributed by atoms with Crippen LogP contribution in [0.3, 0.4) is 0 Å². The van der Waals surface area contributed by atoms with Crippen LogP contribution in [0.5, 0.6) is 0 Å². The summed E-state index contributed by atoms with van der Waals surface area (Å²) < 4.78 is 10.9. The van der Waals surface area contributed by atoms with Crippen molar-refractivity contribution in [3.63, 3.8) is 0 Å². The highest BCUT2D eigenvalue weighted by atomic mass is 16.5. The lowest BCUT2D eigenvalue weighted by molar-refractivity contribution is -0.142. The van der Waals surface area contributed by atoms with Crippen molar-refractivity contribution < 1.29 is 19.1 Å². The molecule has 1 aliphatic heterocycles. The highest BCUT2D eigenvalue weighted by molar-refractivity contribution is 6.04. The summed E-state index contributed by atoms with van der Waals surface area (Å²) in [4.78, 5) is 30.7. The van der Waals surface area contributed by atoms with Crippen LogP contribution in [0.4, 0.5) is 11.4 Å². The zero-order valence-corrected chi connectivity index (χ0v) is 20.3. The predicted molar refractivity (Wildman–Crippen MR) is 137 cm³/mol. The first-order chi connectivity index (χ1) is 17.0. The van der Waals surface area contributed by atoms with Crippen LogP contribution in [0.2, 0.25) is 0 Å². The van der Waals surface area contributed by atoms with Gasteiger partial charge in [0, 0.05) is 11.4 Å². The largest absolute Gasteiger partial charge is 0.463 e. The summed E-state index contributed by atoms with van der Waals surface area (Å²) in [6.45, 7) is 6.14. The van der Waals surface area contributed by atoms with Crippen molar-refractivity contribution in [2.75, 3.05) is 29.6 Å². The van der Waals surface area contributed by atoms with E-state index in [-0.39, 0.29) is 31.0 Å². The maximum atomic E-state index is 13.4. The van der Waals surface area contributed by atoms with Gasteiger partial charge in [0.2, 0.25) is 0 Å². The molecule has 1 aliphatic rings. The van der Waals surface area contributed by atoms with E-state index < -0.39 is 18.1 Å². The Balaban J connectivity index is 2.01. The van der Waals surface area contributed by atoms with Crippen molar-refractivity contribution in [3.8, 4) is 0 Å². The topological polar surface area (TPSA) is 59.1 Å². The monoisotopic (exact) mass is 470 g/mol. The molecule has 0 aromatic heterocycles. The third kappa shape index (κ3) is 5.06. The lowest BCUT2D eigenvalue weighted by Gasteiger charge is -2.47. The van der Waals surface area contributed by atoms with E-state index in [4.69, 9.17) is 9.47 Å². The number of hydrogen-bond acceptors (Lipinski definition) is 6. The van der Waals surface area contributed by atoms with Crippen molar-refractivity contribution in [1.82, 2.24) is 0 Å². The van der Waals surface area contributed by atoms with E-state index in [2.05, 4.69) is 4.90 Å². The molecule has 0 radical (unpaired) electrons. The van der Waals surface area contributed by atoms with Crippen molar-refractivity contribution in [2.24, 2.45) is 0 Å². The fourth-order valence-electron chi connectivity index (χ4n) is 4.32. The van der Waals surface area contributed by atoms with Crippen LogP contribution in [0.25, 0.3) is 0 Å². The molecule has 3 aromatic rings. The zero-order valence-electron chi connectivity index (χ0n) is 20.3. The molecule has 1 atom stereocenters.